The van der Waals surface area contributed by atoms with Gasteiger partial charge in [0.1, 0.15) is 0 Å². The smallest absolute Gasteiger partial charge is 0.0729 e. The van der Waals surface area contributed by atoms with Crippen molar-refractivity contribution in [3.63, 3.8) is 0 Å². The van der Waals surface area contributed by atoms with E-state index in [0.717, 1.165) is 36.5 Å². The van der Waals surface area contributed by atoms with Gasteiger partial charge in [-0.2, -0.15) is 0 Å². The predicted octanol–water partition coefficient (Wildman–Crippen LogP) is 15.0. The van der Waals surface area contributed by atoms with Gasteiger partial charge in [0, 0.05) is 82.5 Å². The second-order valence-electron chi connectivity index (χ2n) is 28.0. The molecular weight excluding hydrogens is 829 g/mol. The van der Waals surface area contributed by atoms with E-state index in [1.54, 1.807) is 11.1 Å². The summed E-state index contributed by atoms with van der Waals surface area (Å²) in [5, 5.41) is 14.6. The Morgan fingerprint density at radius 1 is 0.456 bits per heavy atom. The lowest BCUT2D eigenvalue weighted by Crippen LogP contribution is -2.59. The molecule has 8 heterocycles. The van der Waals surface area contributed by atoms with Crippen LogP contribution in [0.1, 0.15) is 195 Å². The van der Waals surface area contributed by atoms with E-state index >= 15 is 0 Å². The molecule has 68 heavy (non-hydrogen) atoms. The second-order valence-corrected chi connectivity index (χ2v) is 28.0. The van der Waals surface area contributed by atoms with E-state index in [2.05, 4.69) is 101 Å². The van der Waals surface area contributed by atoms with Crippen LogP contribution >= 0.6 is 0 Å². The molecule has 0 amide bonds. The fourth-order valence-corrected chi connectivity index (χ4v) is 21.5. The molecule has 7 unspecified atom stereocenters. The lowest BCUT2D eigenvalue weighted by atomic mass is 9.37. The molecule has 6 heteroatoms. The summed E-state index contributed by atoms with van der Waals surface area (Å²) >= 11 is 0. The van der Waals surface area contributed by atoms with Crippen LogP contribution in [0.25, 0.3) is 87.0 Å². The summed E-state index contributed by atoms with van der Waals surface area (Å²) in [7, 11) is 0. The first kappa shape index (κ1) is 36.8. The number of fused-ring (bicyclic) bond motifs is 24. The van der Waals surface area contributed by atoms with Gasteiger partial charge in [-0.1, -0.05) is 55.4 Å². The third-order valence-electron chi connectivity index (χ3n) is 22.7. The SMILES string of the molecule is CC1(C)CC(C)(C)c2c1ncc1c2c2c3c(cc4c5c6c(ncc5n1c42)C1CC2CC(C1)CC6C2)cc1c2c4c(ncc2n2c5cnc6c(c5c3c12)C(C)(C)CC6(C)C)C1CC2CC3CC4CC321. The van der Waals surface area contributed by atoms with Gasteiger partial charge >= 0.3 is 0 Å². The Balaban J connectivity index is 1.08. The van der Waals surface area contributed by atoms with E-state index in [9.17, 15) is 0 Å². The first-order chi connectivity index (χ1) is 32.6. The van der Waals surface area contributed by atoms with E-state index in [-0.39, 0.29) is 21.7 Å². The van der Waals surface area contributed by atoms with Crippen LogP contribution in [0.5, 0.6) is 0 Å². The minimum absolute atomic E-state index is 0.0232. The van der Waals surface area contributed by atoms with Crippen LogP contribution in [0.3, 0.4) is 0 Å². The molecule has 1 spiro atoms. The zero-order valence-corrected chi connectivity index (χ0v) is 41.0. The van der Waals surface area contributed by atoms with Crippen LogP contribution in [-0.2, 0) is 21.7 Å². The minimum Gasteiger partial charge on any atom is -0.305 e. The molecule has 0 N–H and O–H groups in total. The van der Waals surface area contributed by atoms with Crippen LogP contribution in [-0.4, -0.2) is 28.7 Å². The number of hydrogen-bond acceptors (Lipinski definition) is 4. The topological polar surface area (TPSA) is 60.4 Å². The third-order valence-corrected chi connectivity index (χ3v) is 22.7. The predicted molar refractivity (Wildman–Crippen MR) is 275 cm³/mol. The van der Waals surface area contributed by atoms with Gasteiger partial charge in [-0.15, -0.1) is 0 Å². The molecule has 8 aromatic heterocycles. The number of rotatable bonds is 0. The summed E-state index contributed by atoms with van der Waals surface area (Å²) in [5.41, 5.74) is 20.1. The van der Waals surface area contributed by atoms with Crippen molar-refractivity contribution >= 4 is 87.0 Å². The molecule has 338 valence electrons. The van der Waals surface area contributed by atoms with E-state index in [1.165, 1.54) is 179 Å². The van der Waals surface area contributed by atoms with Crippen molar-refractivity contribution < 1.29 is 0 Å². The number of aromatic nitrogens is 6. The number of hydrogen-bond donors (Lipinski definition) is 0. The highest BCUT2D eigenvalue weighted by Crippen LogP contribution is 2.82. The van der Waals surface area contributed by atoms with Gasteiger partial charge < -0.3 is 8.80 Å². The molecule has 10 aliphatic rings. The van der Waals surface area contributed by atoms with Gasteiger partial charge in [0.15, 0.2) is 0 Å². The largest absolute Gasteiger partial charge is 0.305 e. The number of nitrogens with zero attached hydrogens (tertiary/aromatic N) is 6. The number of pyridine rings is 4. The maximum atomic E-state index is 5.65. The van der Waals surface area contributed by atoms with E-state index in [4.69, 9.17) is 19.9 Å². The summed E-state index contributed by atoms with van der Waals surface area (Å²) in [6.07, 6.45) is 23.7. The fourth-order valence-electron chi connectivity index (χ4n) is 21.5. The van der Waals surface area contributed by atoms with Crippen molar-refractivity contribution in [2.75, 3.05) is 0 Å². The quantitative estimate of drug-likeness (QED) is 0.152. The van der Waals surface area contributed by atoms with Crippen molar-refractivity contribution in [2.24, 2.45) is 29.1 Å². The summed E-state index contributed by atoms with van der Waals surface area (Å²) in [4.78, 5) is 22.4. The van der Waals surface area contributed by atoms with E-state index in [0.29, 0.717) is 29.1 Å². The Kier molecular flexibility index (Phi) is 5.68. The van der Waals surface area contributed by atoms with Crippen molar-refractivity contribution in [1.29, 1.82) is 0 Å². The molecule has 0 radical (unpaired) electrons. The minimum atomic E-state index is -0.0450. The summed E-state index contributed by atoms with van der Waals surface area (Å²) < 4.78 is 5.38. The highest BCUT2D eigenvalue weighted by atomic mass is 15.0. The monoisotopic (exact) mass is 888 g/mol. The number of benzene rings is 2. The van der Waals surface area contributed by atoms with Crippen molar-refractivity contribution in [3.8, 4) is 0 Å². The maximum Gasteiger partial charge on any atom is 0.0729 e. The van der Waals surface area contributed by atoms with Crippen LogP contribution < -0.4 is 0 Å². The summed E-state index contributed by atoms with van der Waals surface area (Å²) in [6.45, 7) is 19.8. The standard InChI is InChI=1S/C62H60N6/c1-58(2)24-60(5,6)56-50(58)46-39(22-65-56)67-37-20-63-52-30-12-26-9-27(13-30)11-28(10-26)42(52)44(37)34-15-29-16-35-45-38(21-64-53-36-18-33-17-32-14-31(43(45)53)19-62(32,33)36)68-40-23-66-57-51(59(3,4)25-61(57,7)8)47(40)49(55(35)68)41(29)48(46)54(34)67/h15-16,20-23,26-28,30-33,36H,9-14,17-19,24-25H2,1-8H3. The van der Waals surface area contributed by atoms with Gasteiger partial charge in [0.05, 0.1) is 69.3 Å². The molecule has 0 aliphatic heterocycles. The molecule has 6 bridgehead atoms. The molecule has 20 rings (SSSR count). The van der Waals surface area contributed by atoms with Gasteiger partial charge in [0.2, 0.25) is 0 Å². The Morgan fingerprint density at radius 2 is 0.956 bits per heavy atom. The Morgan fingerprint density at radius 3 is 1.53 bits per heavy atom. The van der Waals surface area contributed by atoms with Crippen molar-refractivity contribution in [1.82, 2.24) is 28.7 Å². The van der Waals surface area contributed by atoms with Gasteiger partial charge in [-0.05, 0) is 162 Å². The summed E-state index contributed by atoms with van der Waals surface area (Å²) in [5.74, 6) is 5.96. The lowest BCUT2D eigenvalue weighted by molar-refractivity contribution is -0.147. The van der Waals surface area contributed by atoms with Crippen LogP contribution in [0, 0.1) is 29.1 Å². The fraction of sp³-hybridized carbons (Fsp3) is 0.516. The van der Waals surface area contributed by atoms with Crippen molar-refractivity contribution in [2.45, 2.75) is 171 Å². The molecule has 6 nitrogen and oxygen atoms in total. The summed E-state index contributed by atoms with van der Waals surface area (Å²) in [6, 6.07) is 5.44. The molecule has 7 atom stereocenters. The average Bonchev–Trinajstić information content (AvgIpc) is 4.11. The van der Waals surface area contributed by atoms with Gasteiger partial charge in [0.25, 0.3) is 0 Å². The molecule has 2 aromatic carbocycles. The van der Waals surface area contributed by atoms with Gasteiger partial charge in [-0.25, -0.2) is 0 Å². The Bertz CT molecular complexity index is 4140. The second kappa shape index (κ2) is 10.5. The van der Waals surface area contributed by atoms with E-state index < -0.39 is 0 Å². The zero-order valence-electron chi connectivity index (χ0n) is 41.0. The Hall–Kier alpha value is -5.10. The van der Waals surface area contributed by atoms with Crippen molar-refractivity contribution in [3.05, 3.63) is 81.9 Å². The first-order valence-corrected chi connectivity index (χ1v) is 27.1. The van der Waals surface area contributed by atoms with E-state index in [1.807, 2.05) is 0 Å². The Labute approximate surface area is 396 Å². The highest BCUT2D eigenvalue weighted by Gasteiger charge is 2.72. The zero-order chi connectivity index (χ0) is 45.0. The maximum absolute atomic E-state index is 5.65. The molecule has 5 fully saturated rings. The molecule has 0 saturated heterocycles. The highest BCUT2D eigenvalue weighted by molar-refractivity contribution is 6.42. The van der Waals surface area contributed by atoms with Gasteiger partial charge in [-0.3, -0.25) is 19.9 Å². The third kappa shape index (κ3) is 3.61. The molecule has 10 aromatic rings. The average molecular weight is 889 g/mol. The normalized spacial score (nSPS) is 33.5. The molecular formula is C62H60N6. The van der Waals surface area contributed by atoms with Crippen LogP contribution in [0.2, 0.25) is 0 Å². The van der Waals surface area contributed by atoms with Crippen LogP contribution in [0.4, 0.5) is 0 Å². The molecule has 5 saturated carbocycles. The lowest BCUT2D eigenvalue weighted by Gasteiger charge is -2.67. The molecule has 10 aliphatic carbocycles. The first-order valence-electron chi connectivity index (χ1n) is 27.1. The van der Waals surface area contributed by atoms with Crippen LogP contribution in [0.15, 0.2) is 36.9 Å².